The third kappa shape index (κ3) is 4.61. The van der Waals surface area contributed by atoms with Crippen LogP contribution in [0.15, 0.2) is 42.5 Å². The molecule has 5 heteroatoms. The fourth-order valence-corrected chi connectivity index (χ4v) is 3.06. The van der Waals surface area contributed by atoms with Crippen molar-refractivity contribution in [3.8, 4) is 0 Å². The number of hydrogen-bond acceptors (Lipinski definition) is 2. The summed E-state index contributed by atoms with van der Waals surface area (Å²) in [6.45, 7) is 1.46. The van der Waals surface area contributed by atoms with Crippen LogP contribution in [0.5, 0.6) is 0 Å². The van der Waals surface area contributed by atoms with Gasteiger partial charge < -0.3 is 10.2 Å². The molecule has 0 saturated carbocycles. The van der Waals surface area contributed by atoms with Crippen LogP contribution in [0, 0.1) is 0 Å². The lowest BCUT2D eigenvalue weighted by atomic mass is 10.1. The van der Waals surface area contributed by atoms with Gasteiger partial charge in [0.05, 0.1) is 0 Å². The van der Waals surface area contributed by atoms with Gasteiger partial charge in [-0.1, -0.05) is 59.1 Å². The highest BCUT2D eigenvalue weighted by atomic mass is 35.5. The molecule has 0 spiro atoms. The van der Waals surface area contributed by atoms with E-state index in [2.05, 4.69) is 16.3 Å². The Bertz CT molecular complexity index is 629. The lowest BCUT2D eigenvalue weighted by Crippen LogP contribution is -2.31. The van der Waals surface area contributed by atoms with Gasteiger partial charge in [-0.05, 0) is 43.4 Å². The SMILES string of the molecule is CN(C)C(CNCc1ccc(Cl)cc1Cl)c1ccccc1Cl. The zero-order valence-corrected chi connectivity index (χ0v) is 14.9. The summed E-state index contributed by atoms with van der Waals surface area (Å²) in [4.78, 5) is 2.15. The normalized spacial score (nSPS) is 12.6. The quantitative estimate of drug-likeness (QED) is 0.779. The van der Waals surface area contributed by atoms with E-state index in [9.17, 15) is 0 Å². The first-order valence-electron chi connectivity index (χ1n) is 7.04. The first kappa shape index (κ1) is 17.6. The number of likely N-dealkylation sites (N-methyl/N-ethyl adjacent to an activating group) is 1. The molecule has 0 bridgehead atoms. The van der Waals surface area contributed by atoms with Crippen LogP contribution in [0.2, 0.25) is 15.1 Å². The Kier molecular flexibility index (Phi) is 6.54. The molecule has 0 aromatic heterocycles. The van der Waals surface area contributed by atoms with Gasteiger partial charge in [0.25, 0.3) is 0 Å². The molecule has 1 unspecified atom stereocenters. The first-order valence-corrected chi connectivity index (χ1v) is 8.18. The summed E-state index contributed by atoms with van der Waals surface area (Å²) < 4.78 is 0. The van der Waals surface area contributed by atoms with Crippen molar-refractivity contribution in [2.75, 3.05) is 20.6 Å². The molecule has 2 nitrogen and oxygen atoms in total. The standard InChI is InChI=1S/C17H19Cl3N2/c1-22(2)17(14-5-3-4-6-15(14)19)11-21-10-12-7-8-13(18)9-16(12)20/h3-9,17,21H,10-11H2,1-2H3. The van der Waals surface area contributed by atoms with E-state index in [1.165, 1.54) is 0 Å². The van der Waals surface area contributed by atoms with Gasteiger partial charge >= 0.3 is 0 Å². The van der Waals surface area contributed by atoms with E-state index in [4.69, 9.17) is 34.8 Å². The Morgan fingerprint density at radius 3 is 2.36 bits per heavy atom. The molecule has 0 aliphatic rings. The molecule has 22 heavy (non-hydrogen) atoms. The van der Waals surface area contributed by atoms with Crippen LogP contribution in [-0.4, -0.2) is 25.5 Å². The van der Waals surface area contributed by atoms with Crippen molar-refractivity contribution in [1.29, 1.82) is 0 Å². The van der Waals surface area contributed by atoms with Gasteiger partial charge in [-0.25, -0.2) is 0 Å². The van der Waals surface area contributed by atoms with E-state index in [1.54, 1.807) is 6.07 Å². The van der Waals surface area contributed by atoms with Crippen molar-refractivity contribution in [3.63, 3.8) is 0 Å². The molecule has 2 rings (SSSR count). The Morgan fingerprint density at radius 2 is 1.73 bits per heavy atom. The molecule has 0 aliphatic carbocycles. The van der Waals surface area contributed by atoms with Crippen molar-refractivity contribution in [2.24, 2.45) is 0 Å². The van der Waals surface area contributed by atoms with Gasteiger partial charge in [0, 0.05) is 34.2 Å². The molecule has 0 radical (unpaired) electrons. The number of rotatable bonds is 6. The minimum Gasteiger partial charge on any atom is -0.311 e. The largest absolute Gasteiger partial charge is 0.311 e. The molecule has 0 aliphatic heterocycles. The Balaban J connectivity index is 2.03. The lowest BCUT2D eigenvalue weighted by Gasteiger charge is -2.26. The van der Waals surface area contributed by atoms with E-state index in [0.29, 0.717) is 16.6 Å². The molecule has 0 saturated heterocycles. The Hall–Kier alpha value is -0.770. The van der Waals surface area contributed by atoms with Crippen LogP contribution in [0.4, 0.5) is 0 Å². The van der Waals surface area contributed by atoms with E-state index >= 15 is 0 Å². The van der Waals surface area contributed by atoms with Crippen LogP contribution in [0.25, 0.3) is 0 Å². The fourth-order valence-electron chi connectivity index (χ4n) is 2.32. The predicted molar refractivity (Wildman–Crippen MR) is 96.0 cm³/mol. The molecule has 2 aromatic rings. The van der Waals surface area contributed by atoms with Gasteiger partial charge in [0.15, 0.2) is 0 Å². The highest BCUT2D eigenvalue weighted by Crippen LogP contribution is 2.26. The molecule has 0 amide bonds. The van der Waals surface area contributed by atoms with Crippen LogP contribution in [0.3, 0.4) is 0 Å². The molecule has 118 valence electrons. The van der Waals surface area contributed by atoms with E-state index in [-0.39, 0.29) is 6.04 Å². The van der Waals surface area contributed by atoms with E-state index in [1.807, 2.05) is 44.4 Å². The molecule has 1 atom stereocenters. The van der Waals surface area contributed by atoms with Gasteiger partial charge in [0.1, 0.15) is 0 Å². The summed E-state index contributed by atoms with van der Waals surface area (Å²) in [6, 6.07) is 13.7. The summed E-state index contributed by atoms with van der Waals surface area (Å²) in [7, 11) is 4.09. The first-order chi connectivity index (χ1) is 10.5. The fraction of sp³-hybridized carbons (Fsp3) is 0.294. The third-order valence-corrected chi connectivity index (χ3v) is 4.49. The molecule has 0 fully saturated rings. The third-order valence-electron chi connectivity index (χ3n) is 3.56. The zero-order chi connectivity index (χ0) is 16.1. The van der Waals surface area contributed by atoms with Crippen molar-refractivity contribution in [3.05, 3.63) is 68.7 Å². The number of nitrogens with one attached hydrogen (secondary N) is 1. The van der Waals surface area contributed by atoms with Crippen molar-refractivity contribution in [1.82, 2.24) is 10.2 Å². The maximum Gasteiger partial charge on any atom is 0.0481 e. The van der Waals surface area contributed by atoms with Crippen LogP contribution >= 0.6 is 34.8 Å². The summed E-state index contributed by atoms with van der Waals surface area (Å²) in [5.74, 6) is 0. The summed E-state index contributed by atoms with van der Waals surface area (Å²) in [6.07, 6.45) is 0. The van der Waals surface area contributed by atoms with Crippen molar-refractivity contribution >= 4 is 34.8 Å². The summed E-state index contributed by atoms with van der Waals surface area (Å²) in [5.41, 5.74) is 2.15. The Morgan fingerprint density at radius 1 is 1.00 bits per heavy atom. The maximum atomic E-state index is 6.31. The van der Waals surface area contributed by atoms with Crippen molar-refractivity contribution in [2.45, 2.75) is 12.6 Å². The molecule has 2 aromatic carbocycles. The second-order valence-electron chi connectivity index (χ2n) is 5.37. The summed E-state index contributed by atoms with van der Waals surface area (Å²) in [5, 5.41) is 5.55. The van der Waals surface area contributed by atoms with Gasteiger partial charge in [0.2, 0.25) is 0 Å². The second-order valence-corrected chi connectivity index (χ2v) is 6.62. The molecular weight excluding hydrogens is 339 g/mol. The number of benzene rings is 2. The predicted octanol–water partition coefficient (Wildman–Crippen LogP) is 5.04. The van der Waals surface area contributed by atoms with Gasteiger partial charge in [-0.15, -0.1) is 0 Å². The Labute approximate surface area is 147 Å². The van der Waals surface area contributed by atoms with E-state index in [0.717, 1.165) is 22.7 Å². The minimum atomic E-state index is 0.194. The number of hydrogen-bond donors (Lipinski definition) is 1. The van der Waals surface area contributed by atoms with Crippen molar-refractivity contribution < 1.29 is 0 Å². The average molecular weight is 358 g/mol. The van der Waals surface area contributed by atoms with Gasteiger partial charge in [-0.2, -0.15) is 0 Å². The lowest BCUT2D eigenvalue weighted by molar-refractivity contribution is 0.288. The highest BCUT2D eigenvalue weighted by molar-refractivity contribution is 6.35. The smallest absolute Gasteiger partial charge is 0.0481 e. The molecule has 1 N–H and O–H groups in total. The van der Waals surface area contributed by atoms with E-state index < -0.39 is 0 Å². The minimum absolute atomic E-state index is 0.194. The van der Waals surface area contributed by atoms with Crippen LogP contribution < -0.4 is 5.32 Å². The summed E-state index contributed by atoms with van der Waals surface area (Å²) >= 11 is 18.4. The number of nitrogens with zero attached hydrogens (tertiary/aromatic N) is 1. The maximum absolute atomic E-state index is 6.31. The van der Waals surface area contributed by atoms with Crippen LogP contribution in [-0.2, 0) is 6.54 Å². The molecule has 0 heterocycles. The topological polar surface area (TPSA) is 15.3 Å². The monoisotopic (exact) mass is 356 g/mol. The second kappa shape index (κ2) is 8.19. The zero-order valence-electron chi connectivity index (χ0n) is 12.6. The highest BCUT2D eigenvalue weighted by Gasteiger charge is 2.16. The average Bonchev–Trinajstić information content (AvgIpc) is 2.46. The van der Waals surface area contributed by atoms with Crippen LogP contribution in [0.1, 0.15) is 17.2 Å². The van der Waals surface area contributed by atoms with Gasteiger partial charge in [-0.3, -0.25) is 0 Å². The number of halogens is 3. The molecular formula is C17H19Cl3N2.